The van der Waals surface area contributed by atoms with E-state index in [1.54, 1.807) is 6.20 Å². The van der Waals surface area contributed by atoms with Gasteiger partial charge >= 0.3 is 0 Å². The number of carbonyl (C=O) groups is 1. The highest BCUT2D eigenvalue weighted by Gasteiger charge is 2.17. The molecule has 134 valence electrons. The van der Waals surface area contributed by atoms with Gasteiger partial charge in [0.15, 0.2) is 0 Å². The fourth-order valence-corrected chi connectivity index (χ4v) is 3.86. The van der Waals surface area contributed by atoms with E-state index in [0.29, 0.717) is 11.5 Å². The van der Waals surface area contributed by atoms with E-state index in [1.165, 1.54) is 37.7 Å². The molecule has 0 saturated heterocycles. The third kappa shape index (κ3) is 3.36. The third-order valence-electron chi connectivity index (χ3n) is 5.41. The second-order valence-corrected chi connectivity index (χ2v) is 7.34. The van der Waals surface area contributed by atoms with E-state index in [9.17, 15) is 4.79 Å². The van der Waals surface area contributed by atoms with Crippen LogP contribution in [-0.4, -0.2) is 22.2 Å². The average Bonchev–Trinajstić information content (AvgIpc) is 3.12. The van der Waals surface area contributed by atoms with Crippen LogP contribution in [0.25, 0.3) is 16.6 Å². The Morgan fingerprint density at radius 2 is 1.88 bits per heavy atom. The average molecular weight is 347 g/mol. The minimum absolute atomic E-state index is 0.00429. The Bertz CT molecular complexity index is 905. The Morgan fingerprint density at radius 1 is 1.12 bits per heavy atom. The maximum absolute atomic E-state index is 12.7. The molecule has 1 aromatic heterocycles. The Labute approximate surface area is 154 Å². The van der Waals surface area contributed by atoms with Crippen molar-refractivity contribution < 1.29 is 4.79 Å². The van der Waals surface area contributed by atoms with Gasteiger partial charge in [0.2, 0.25) is 0 Å². The van der Waals surface area contributed by atoms with Crippen molar-refractivity contribution >= 4 is 16.8 Å². The number of hydrogen-bond acceptors (Lipinski definition) is 2. The predicted octanol–water partition coefficient (Wildman–Crippen LogP) is 4.64. The summed E-state index contributed by atoms with van der Waals surface area (Å²) in [6, 6.07) is 14.1. The Morgan fingerprint density at radius 3 is 2.65 bits per heavy atom. The van der Waals surface area contributed by atoms with Crippen LogP contribution in [0.5, 0.6) is 0 Å². The standard InChI is InChI=1S/C22H25N3O/c1-16-10-12-18(13-11-16)25-21-9-5-8-19(20(21)15-24-25)22(26)23-14-17-6-3-2-4-7-17/h5,8-13,15,17H,2-4,6-7,14H2,1H3,(H,23,26). The van der Waals surface area contributed by atoms with Crippen LogP contribution >= 0.6 is 0 Å². The van der Waals surface area contributed by atoms with Gasteiger partial charge in [0.1, 0.15) is 0 Å². The van der Waals surface area contributed by atoms with Crippen molar-refractivity contribution in [3.05, 3.63) is 59.8 Å². The molecule has 4 heteroatoms. The van der Waals surface area contributed by atoms with Gasteiger partial charge in [-0.3, -0.25) is 4.79 Å². The molecule has 0 aliphatic heterocycles. The van der Waals surface area contributed by atoms with Crippen LogP contribution in [0.15, 0.2) is 48.7 Å². The topological polar surface area (TPSA) is 46.9 Å². The van der Waals surface area contributed by atoms with E-state index in [2.05, 4.69) is 41.6 Å². The van der Waals surface area contributed by atoms with E-state index >= 15 is 0 Å². The lowest BCUT2D eigenvalue weighted by Gasteiger charge is -2.21. The number of hydrogen-bond donors (Lipinski definition) is 1. The summed E-state index contributed by atoms with van der Waals surface area (Å²) in [6.07, 6.45) is 8.18. The molecular formula is C22H25N3O. The molecule has 0 spiro atoms. The summed E-state index contributed by atoms with van der Waals surface area (Å²) in [7, 11) is 0. The lowest BCUT2D eigenvalue weighted by Crippen LogP contribution is -2.30. The second kappa shape index (κ2) is 7.32. The molecule has 1 saturated carbocycles. The number of aryl methyl sites for hydroxylation is 1. The minimum Gasteiger partial charge on any atom is -0.352 e. The van der Waals surface area contributed by atoms with E-state index in [-0.39, 0.29) is 5.91 Å². The fraction of sp³-hybridized carbons (Fsp3) is 0.364. The van der Waals surface area contributed by atoms with Crippen LogP contribution in [0.3, 0.4) is 0 Å². The van der Waals surface area contributed by atoms with Crippen LogP contribution in [0, 0.1) is 12.8 Å². The smallest absolute Gasteiger partial charge is 0.252 e. The zero-order valence-corrected chi connectivity index (χ0v) is 15.2. The Kier molecular flexibility index (Phi) is 4.74. The number of amides is 1. The SMILES string of the molecule is Cc1ccc(-n2ncc3c(C(=O)NCC4CCCCC4)cccc32)cc1. The molecule has 1 heterocycles. The number of benzene rings is 2. The molecule has 0 bridgehead atoms. The molecule has 1 amide bonds. The monoisotopic (exact) mass is 347 g/mol. The maximum atomic E-state index is 12.7. The molecule has 0 radical (unpaired) electrons. The zero-order valence-electron chi connectivity index (χ0n) is 15.2. The van der Waals surface area contributed by atoms with Crippen LogP contribution < -0.4 is 5.32 Å². The second-order valence-electron chi connectivity index (χ2n) is 7.34. The number of aromatic nitrogens is 2. The lowest BCUT2D eigenvalue weighted by atomic mass is 9.89. The van der Waals surface area contributed by atoms with Gasteiger partial charge in [-0.25, -0.2) is 4.68 Å². The Hall–Kier alpha value is -2.62. The first-order chi connectivity index (χ1) is 12.7. The van der Waals surface area contributed by atoms with Crippen molar-refractivity contribution in [2.75, 3.05) is 6.54 Å². The van der Waals surface area contributed by atoms with Crippen molar-refractivity contribution in [3.63, 3.8) is 0 Å². The first-order valence-electron chi connectivity index (χ1n) is 9.54. The first-order valence-corrected chi connectivity index (χ1v) is 9.54. The molecule has 1 aliphatic carbocycles. The summed E-state index contributed by atoms with van der Waals surface area (Å²) in [5.74, 6) is 0.631. The van der Waals surface area contributed by atoms with Gasteiger partial charge in [0.05, 0.1) is 23.0 Å². The lowest BCUT2D eigenvalue weighted by molar-refractivity contribution is 0.0945. The molecule has 2 aromatic carbocycles. The third-order valence-corrected chi connectivity index (χ3v) is 5.41. The molecule has 3 aromatic rings. The van der Waals surface area contributed by atoms with Crippen LogP contribution in [0.2, 0.25) is 0 Å². The van der Waals surface area contributed by atoms with E-state index in [0.717, 1.165) is 23.1 Å². The number of rotatable bonds is 4. The number of carbonyl (C=O) groups excluding carboxylic acids is 1. The fourth-order valence-electron chi connectivity index (χ4n) is 3.86. The quantitative estimate of drug-likeness (QED) is 0.747. The summed E-state index contributed by atoms with van der Waals surface area (Å²) < 4.78 is 1.90. The highest BCUT2D eigenvalue weighted by atomic mass is 16.1. The normalized spacial score (nSPS) is 15.3. The maximum Gasteiger partial charge on any atom is 0.252 e. The predicted molar refractivity (Wildman–Crippen MR) is 105 cm³/mol. The largest absolute Gasteiger partial charge is 0.352 e. The van der Waals surface area contributed by atoms with Gasteiger partial charge in [0.25, 0.3) is 5.91 Å². The molecule has 1 aliphatic rings. The summed E-state index contributed by atoms with van der Waals surface area (Å²) in [6.45, 7) is 2.85. The summed E-state index contributed by atoms with van der Waals surface area (Å²) in [4.78, 5) is 12.7. The highest BCUT2D eigenvalue weighted by Crippen LogP contribution is 2.24. The van der Waals surface area contributed by atoms with Gasteiger partial charge in [-0.1, -0.05) is 43.0 Å². The minimum atomic E-state index is 0.00429. The van der Waals surface area contributed by atoms with Crippen LogP contribution in [0.1, 0.15) is 48.0 Å². The van der Waals surface area contributed by atoms with Gasteiger partial charge in [0, 0.05) is 11.9 Å². The van der Waals surface area contributed by atoms with Gasteiger partial charge < -0.3 is 5.32 Å². The highest BCUT2D eigenvalue weighted by molar-refractivity contribution is 6.06. The van der Waals surface area contributed by atoms with Gasteiger partial charge in [-0.2, -0.15) is 5.10 Å². The van der Waals surface area contributed by atoms with E-state index < -0.39 is 0 Å². The van der Waals surface area contributed by atoms with Gasteiger partial charge in [-0.05, 0) is 49.9 Å². The number of nitrogens with one attached hydrogen (secondary N) is 1. The van der Waals surface area contributed by atoms with Crippen molar-refractivity contribution in [2.45, 2.75) is 39.0 Å². The zero-order chi connectivity index (χ0) is 17.9. The van der Waals surface area contributed by atoms with Crippen molar-refractivity contribution in [2.24, 2.45) is 5.92 Å². The number of nitrogens with zero attached hydrogens (tertiary/aromatic N) is 2. The molecular weight excluding hydrogens is 322 g/mol. The van der Waals surface area contributed by atoms with Crippen molar-refractivity contribution in [3.8, 4) is 5.69 Å². The van der Waals surface area contributed by atoms with Crippen molar-refractivity contribution in [1.82, 2.24) is 15.1 Å². The summed E-state index contributed by atoms with van der Waals surface area (Å²) >= 11 is 0. The molecule has 0 unspecified atom stereocenters. The number of fused-ring (bicyclic) bond motifs is 1. The Balaban J connectivity index is 1.58. The molecule has 4 nitrogen and oxygen atoms in total. The van der Waals surface area contributed by atoms with Gasteiger partial charge in [-0.15, -0.1) is 0 Å². The molecule has 4 rings (SSSR count). The molecule has 26 heavy (non-hydrogen) atoms. The van der Waals surface area contributed by atoms with Crippen LogP contribution in [-0.2, 0) is 0 Å². The van der Waals surface area contributed by atoms with E-state index in [1.807, 2.05) is 22.9 Å². The molecule has 1 fully saturated rings. The molecule has 0 atom stereocenters. The first kappa shape index (κ1) is 16.8. The van der Waals surface area contributed by atoms with E-state index in [4.69, 9.17) is 0 Å². The van der Waals surface area contributed by atoms with Crippen LogP contribution in [0.4, 0.5) is 0 Å². The molecule has 1 N–H and O–H groups in total. The van der Waals surface area contributed by atoms with Crippen molar-refractivity contribution in [1.29, 1.82) is 0 Å². The summed E-state index contributed by atoms with van der Waals surface area (Å²) in [5.41, 5.74) is 3.88. The summed E-state index contributed by atoms with van der Waals surface area (Å²) in [5, 5.41) is 8.56.